The summed E-state index contributed by atoms with van der Waals surface area (Å²) in [5.74, 6) is 0. The number of alkyl carbamates (subject to hydrolysis) is 1. The molecule has 1 fully saturated rings. The van der Waals surface area contributed by atoms with Gasteiger partial charge in [0.2, 0.25) is 0 Å². The number of amides is 1. The van der Waals surface area contributed by atoms with E-state index < -0.39 is 5.60 Å². The minimum Gasteiger partial charge on any atom is -0.444 e. The van der Waals surface area contributed by atoms with Gasteiger partial charge in [-0.05, 0) is 64.5 Å². The number of nitrogens with one attached hydrogen (secondary N) is 2. The van der Waals surface area contributed by atoms with Gasteiger partial charge in [-0.3, -0.25) is 0 Å². The standard InChI is InChI=1S/C18H28N2O2S/c1-12(13-6-8-16(23-5)9-7-13)19-14-10-15(11-14)20-17(21)22-18(2,3)4/h6-9,12,14-15,19H,10-11H2,1-5H3,(H,20,21). The van der Waals surface area contributed by atoms with Gasteiger partial charge in [0.05, 0.1) is 0 Å². The molecule has 1 atom stereocenters. The van der Waals surface area contributed by atoms with Gasteiger partial charge in [0.25, 0.3) is 0 Å². The largest absolute Gasteiger partial charge is 0.444 e. The van der Waals surface area contributed by atoms with Crippen molar-refractivity contribution in [3.8, 4) is 0 Å². The fourth-order valence-electron chi connectivity index (χ4n) is 2.69. The molecule has 23 heavy (non-hydrogen) atoms. The van der Waals surface area contributed by atoms with E-state index in [0.717, 1.165) is 12.8 Å². The third-order valence-corrected chi connectivity index (χ3v) is 4.70. The molecule has 0 aliphatic heterocycles. The summed E-state index contributed by atoms with van der Waals surface area (Å²) >= 11 is 1.76. The topological polar surface area (TPSA) is 50.4 Å². The maximum absolute atomic E-state index is 11.7. The minimum absolute atomic E-state index is 0.216. The zero-order chi connectivity index (χ0) is 17.0. The Morgan fingerprint density at radius 2 is 1.83 bits per heavy atom. The van der Waals surface area contributed by atoms with Crippen LogP contribution in [0.3, 0.4) is 0 Å². The molecule has 0 bridgehead atoms. The van der Waals surface area contributed by atoms with Gasteiger partial charge in [-0.2, -0.15) is 0 Å². The van der Waals surface area contributed by atoms with Crippen molar-refractivity contribution < 1.29 is 9.53 Å². The lowest BCUT2D eigenvalue weighted by molar-refractivity contribution is 0.0463. The molecule has 1 aliphatic rings. The third-order valence-electron chi connectivity index (χ3n) is 3.96. The first-order valence-electron chi connectivity index (χ1n) is 8.16. The molecule has 128 valence electrons. The highest BCUT2D eigenvalue weighted by molar-refractivity contribution is 7.98. The second-order valence-electron chi connectivity index (χ2n) is 7.17. The number of hydrogen-bond donors (Lipinski definition) is 2. The van der Waals surface area contributed by atoms with Crippen LogP contribution in [0.1, 0.15) is 52.1 Å². The summed E-state index contributed by atoms with van der Waals surface area (Å²) < 4.78 is 5.28. The maximum Gasteiger partial charge on any atom is 0.407 e. The van der Waals surface area contributed by atoms with E-state index in [1.807, 2.05) is 20.8 Å². The molecule has 0 radical (unpaired) electrons. The monoisotopic (exact) mass is 336 g/mol. The third kappa shape index (κ3) is 5.74. The van der Waals surface area contributed by atoms with E-state index in [2.05, 4.69) is 48.1 Å². The quantitative estimate of drug-likeness (QED) is 0.794. The van der Waals surface area contributed by atoms with Gasteiger partial charge < -0.3 is 15.4 Å². The van der Waals surface area contributed by atoms with Crippen molar-refractivity contribution in [1.29, 1.82) is 0 Å². The number of rotatable bonds is 5. The average molecular weight is 337 g/mol. The van der Waals surface area contributed by atoms with Crippen molar-refractivity contribution in [2.24, 2.45) is 0 Å². The second-order valence-corrected chi connectivity index (χ2v) is 8.05. The molecule has 0 spiro atoms. The van der Waals surface area contributed by atoms with Gasteiger partial charge in [-0.25, -0.2) is 4.79 Å². The summed E-state index contributed by atoms with van der Waals surface area (Å²) in [6, 6.07) is 9.66. The Kier molecular flexibility index (Phi) is 5.98. The first-order chi connectivity index (χ1) is 10.8. The highest BCUT2D eigenvalue weighted by atomic mass is 32.2. The normalized spacial score (nSPS) is 22.1. The highest BCUT2D eigenvalue weighted by Crippen LogP contribution is 2.25. The number of carbonyl (C=O) groups is 1. The lowest BCUT2D eigenvalue weighted by atomic mass is 9.86. The number of benzene rings is 1. The van der Waals surface area contributed by atoms with Crippen molar-refractivity contribution in [2.45, 2.75) is 69.2 Å². The summed E-state index contributed by atoms with van der Waals surface area (Å²) in [6.45, 7) is 7.81. The van der Waals surface area contributed by atoms with Gasteiger partial charge in [0, 0.05) is 23.0 Å². The van der Waals surface area contributed by atoms with Crippen LogP contribution in [0.15, 0.2) is 29.2 Å². The van der Waals surface area contributed by atoms with Crippen LogP contribution in [0.2, 0.25) is 0 Å². The zero-order valence-corrected chi connectivity index (χ0v) is 15.5. The summed E-state index contributed by atoms with van der Waals surface area (Å²) in [7, 11) is 0. The van der Waals surface area contributed by atoms with Crippen molar-refractivity contribution in [3.63, 3.8) is 0 Å². The van der Waals surface area contributed by atoms with Crippen LogP contribution in [0.4, 0.5) is 4.79 Å². The first-order valence-corrected chi connectivity index (χ1v) is 9.39. The van der Waals surface area contributed by atoms with E-state index in [1.165, 1.54) is 10.5 Å². The molecule has 1 aromatic rings. The number of hydrogen-bond acceptors (Lipinski definition) is 4. The van der Waals surface area contributed by atoms with Gasteiger partial charge in [0.1, 0.15) is 5.60 Å². The van der Waals surface area contributed by atoms with Crippen molar-refractivity contribution >= 4 is 17.9 Å². The van der Waals surface area contributed by atoms with E-state index >= 15 is 0 Å². The molecular weight excluding hydrogens is 308 g/mol. The van der Waals surface area contributed by atoms with Crippen LogP contribution < -0.4 is 10.6 Å². The summed E-state index contributed by atoms with van der Waals surface area (Å²) in [5.41, 5.74) is 0.856. The summed E-state index contributed by atoms with van der Waals surface area (Å²) in [4.78, 5) is 13.0. The van der Waals surface area contributed by atoms with Crippen molar-refractivity contribution in [1.82, 2.24) is 10.6 Å². The molecule has 0 saturated heterocycles. The Morgan fingerprint density at radius 3 is 2.35 bits per heavy atom. The van der Waals surface area contributed by atoms with Gasteiger partial charge in [-0.15, -0.1) is 11.8 Å². The smallest absolute Gasteiger partial charge is 0.407 e. The molecule has 1 amide bonds. The Balaban J connectivity index is 1.71. The van der Waals surface area contributed by atoms with E-state index in [-0.39, 0.29) is 12.1 Å². The van der Waals surface area contributed by atoms with E-state index in [0.29, 0.717) is 12.1 Å². The molecule has 1 unspecified atom stereocenters. The van der Waals surface area contributed by atoms with Crippen molar-refractivity contribution in [2.75, 3.05) is 6.26 Å². The molecule has 1 aromatic carbocycles. The molecule has 5 heteroatoms. The van der Waals surface area contributed by atoms with E-state index in [9.17, 15) is 4.79 Å². The van der Waals surface area contributed by atoms with Gasteiger partial charge in [-0.1, -0.05) is 12.1 Å². The van der Waals surface area contributed by atoms with E-state index in [1.54, 1.807) is 11.8 Å². The predicted octanol–water partition coefficient (Wildman–Crippen LogP) is 4.11. The first kappa shape index (κ1) is 18.1. The molecule has 1 aliphatic carbocycles. The fraction of sp³-hybridized carbons (Fsp3) is 0.611. The SMILES string of the molecule is CSc1ccc(C(C)NC2CC(NC(=O)OC(C)(C)C)C2)cc1. The second kappa shape index (κ2) is 7.58. The van der Waals surface area contributed by atoms with E-state index in [4.69, 9.17) is 4.74 Å². The molecule has 0 aromatic heterocycles. The molecule has 4 nitrogen and oxygen atoms in total. The van der Waals surface area contributed by atoms with Crippen LogP contribution in [0, 0.1) is 0 Å². The number of thioether (sulfide) groups is 1. The highest BCUT2D eigenvalue weighted by Gasteiger charge is 2.32. The van der Waals surface area contributed by atoms with Crippen molar-refractivity contribution in [3.05, 3.63) is 29.8 Å². The van der Waals surface area contributed by atoms with Gasteiger partial charge in [0.15, 0.2) is 0 Å². The fourth-order valence-corrected chi connectivity index (χ4v) is 3.10. The Labute approximate surface area is 143 Å². The maximum atomic E-state index is 11.7. The Bertz CT molecular complexity index is 519. The predicted molar refractivity (Wildman–Crippen MR) is 96.0 cm³/mol. The van der Waals surface area contributed by atoms with Crippen LogP contribution in [-0.2, 0) is 4.74 Å². The Hall–Kier alpha value is -1.20. The lowest BCUT2D eigenvalue weighted by Crippen LogP contribution is -2.53. The summed E-state index contributed by atoms with van der Waals surface area (Å²) in [5, 5.41) is 6.55. The van der Waals surface area contributed by atoms with Crippen LogP contribution >= 0.6 is 11.8 Å². The minimum atomic E-state index is -0.442. The number of ether oxygens (including phenoxy) is 1. The molecule has 2 rings (SSSR count). The number of carbonyl (C=O) groups excluding carboxylic acids is 1. The molecule has 1 saturated carbocycles. The molecule has 0 heterocycles. The van der Waals surface area contributed by atoms with Gasteiger partial charge >= 0.3 is 6.09 Å². The average Bonchev–Trinajstić information content (AvgIpc) is 2.43. The lowest BCUT2D eigenvalue weighted by Gasteiger charge is -2.38. The van der Waals surface area contributed by atoms with Crippen LogP contribution in [0.25, 0.3) is 0 Å². The zero-order valence-electron chi connectivity index (χ0n) is 14.7. The van der Waals surface area contributed by atoms with Crippen LogP contribution in [0.5, 0.6) is 0 Å². The summed E-state index contributed by atoms with van der Waals surface area (Å²) in [6.07, 6.45) is 3.67. The Morgan fingerprint density at radius 1 is 1.22 bits per heavy atom. The van der Waals surface area contributed by atoms with Crippen LogP contribution in [-0.4, -0.2) is 30.0 Å². The molecule has 2 N–H and O–H groups in total. The molecular formula is C18H28N2O2S.